The summed E-state index contributed by atoms with van der Waals surface area (Å²) in [6, 6.07) is 9.10. The van der Waals surface area contributed by atoms with E-state index in [9.17, 15) is 4.79 Å². The molecule has 0 spiro atoms. The normalized spacial score (nSPS) is 21.7. The van der Waals surface area contributed by atoms with Gasteiger partial charge < -0.3 is 24.4 Å². The van der Waals surface area contributed by atoms with Gasteiger partial charge in [-0.2, -0.15) is 0 Å². The minimum Gasteiger partial charge on any atom is -0.490 e. The fourth-order valence-corrected chi connectivity index (χ4v) is 3.52. The van der Waals surface area contributed by atoms with E-state index in [1.807, 2.05) is 18.2 Å². The van der Waals surface area contributed by atoms with Crippen LogP contribution in [0.1, 0.15) is 30.6 Å². The Labute approximate surface area is 164 Å². The summed E-state index contributed by atoms with van der Waals surface area (Å²) in [6.45, 7) is 6.94. The smallest absolute Gasteiger partial charge is 0.257 e. The van der Waals surface area contributed by atoms with E-state index < -0.39 is 0 Å². The zero-order valence-corrected chi connectivity index (χ0v) is 16.2. The van der Waals surface area contributed by atoms with Crippen LogP contribution in [0, 0.1) is 0 Å². The number of aromatic nitrogens is 1. The molecule has 148 valence electrons. The van der Waals surface area contributed by atoms with Crippen molar-refractivity contribution in [3.05, 3.63) is 42.1 Å². The summed E-state index contributed by atoms with van der Waals surface area (Å²) >= 11 is 0. The van der Waals surface area contributed by atoms with E-state index in [1.54, 1.807) is 18.3 Å². The molecule has 2 aromatic rings. The highest BCUT2D eigenvalue weighted by atomic mass is 16.5. The van der Waals surface area contributed by atoms with E-state index >= 15 is 0 Å². The minimum atomic E-state index is -0.211. The summed E-state index contributed by atoms with van der Waals surface area (Å²) in [4.78, 5) is 19.3. The number of carbonyl (C=O) groups excluding carboxylic acids is 1. The van der Waals surface area contributed by atoms with Gasteiger partial charge in [0.1, 0.15) is 5.82 Å². The Morgan fingerprint density at radius 2 is 1.82 bits per heavy atom. The molecule has 3 heterocycles. The average Bonchev–Trinajstić information content (AvgIpc) is 2.92. The third-order valence-electron chi connectivity index (χ3n) is 4.76. The number of fused-ring (bicyclic) bond motifs is 1. The highest BCUT2D eigenvalue weighted by Gasteiger charge is 2.23. The minimum absolute atomic E-state index is 0.160. The molecule has 2 aliphatic rings. The lowest BCUT2D eigenvalue weighted by molar-refractivity contribution is -0.00546. The van der Waals surface area contributed by atoms with Gasteiger partial charge in [0, 0.05) is 37.5 Å². The van der Waals surface area contributed by atoms with Crippen molar-refractivity contribution in [1.82, 2.24) is 4.98 Å². The lowest BCUT2D eigenvalue weighted by Gasteiger charge is -2.36. The highest BCUT2D eigenvalue weighted by molar-refractivity contribution is 6.04. The van der Waals surface area contributed by atoms with E-state index in [4.69, 9.17) is 14.2 Å². The van der Waals surface area contributed by atoms with Gasteiger partial charge >= 0.3 is 0 Å². The van der Waals surface area contributed by atoms with E-state index in [-0.39, 0.29) is 18.1 Å². The van der Waals surface area contributed by atoms with Crippen molar-refractivity contribution in [2.75, 3.05) is 36.5 Å². The van der Waals surface area contributed by atoms with E-state index in [0.29, 0.717) is 36.0 Å². The summed E-state index contributed by atoms with van der Waals surface area (Å²) in [5.74, 6) is 2.00. The van der Waals surface area contributed by atoms with Crippen molar-refractivity contribution >= 4 is 17.4 Å². The topological polar surface area (TPSA) is 72.9 Å². The molecular formula is C21H25N3O4. The fourth-order valence-electron chi connectivity index (χ4n) is 3.52. The molecule has 28 heavy (non-hydrogen) atoms. The van der Waals surface area contributed by atoms with Gasteiger partial charge in [0.25, 0.3) is 5.91 Å². The van der Waals surface area contributed by atoms with Gasteiger partial charge in [-0.3, -0.25) is 4.79 Å². The third-order valence-corrected chi connectivity index (χ3v) is 4.76. The lowest BCUT2D eigenvalue weighted by atomic mass is 10.2. The predicted molar refractivity (Wildman–Crippen MR) is 106 cm³/mol. The van der Waals surface area contributed by atoms with Crippen molar-refractivity contribution in [3.8, 4) is 11.5 Å². The Bertz CT molecular complexity index is 830. The Morgan fingerprint density at radius 3 is 2.54 bits per heavy atom. The van der Waals surface area contributed by atoms with Gasteiger partial charge in [0.15, 0.2) is 11.5 Å². The van der Waals surface area contributed by atoms with Crippen LogP contribution in [0.2, 0.25) is 0 Å². The number of morpholine rings is 1. The molecule has 1 N–H and O–H groups in total. The van der Waals surface area contributed by atoms with Gasteiger partial charge in [-0.15, -0.1) is 0 Å². The molecule has 1 fully saturated rings. The van der Waals surface area contributed by atoms with Crippen LogP contribution in [-0.4, -0.2) is 49.4 Å². The molecule has 1 aromatic heterocycles. The molecule has 2 aliphatic heterocycles. The van der Waals surface area contributed by atoms with Crippen LogP contribution in [0.15, 0.2) is 36.5 Å². The number of rotatable bonds is 3. The zero-order chi connectivity index (χ0) is 19.5. The van der Waals surface area contributed by atoms with Crippen molar-refractivity contribution in [3.63, 3.8) is 0 Å². The number of hydrogen-bond donors (Lipinski definition) is 1. The third kappa shape index (κ3) is 4.20. The van der Waals surface area contributed by atoms with Gasteiger partial charge in [0.2, 0.25) is 0 Å². The molecule has 7 nitrogen and oxygen atoms in total. The number of hydrogen-bond acceptors (Lipinski definition) is 6. The quantitative estimate of drug-likeness (QED) is 0.878. The molecule has 2 atom stereocenters. The van der Waals surface area contributed by atoms with Crippen LogP contribution in [-0.2, 0) is 4.74 Å². The van der Waals surface area contributed by atoms with Crippen LogP contribution in [0.3, 0.4) is 0 Å². The second kappa shape index (κ2) is 8.06. The van der Waals surface area contributed by atoms with Crippen LogP contribution >= 0.6 is 0 Å². The number of amides is 1. The number of benzene rings is 1. The molecule has 0 bridgehead atoms. The summed E-state index contributed by atoms with van der Waals surface area (Å²) in [6.07, 6.45) is 2.77. The van der Waals surface area contributed by atoms with Crippen LogP contribution in [0.5, 0.6) is 11.5 Å². The highest BCUT2D eigenvalue weighted by Crippen LogP contribution is 2.32. The standard InChI is InChI=1S/C21H25N3O4/c1-14-12-24(13-15(2)28-14)20-7-4-16(11-22-20)21(25)23-17-5-6-18-19(10-17)27-9-3-8-26-18/h4-7,10-11,14-15H,3,8-9,12-13H2,1-2H3,(H,23,25)/t14-,15-/m0/s1. The maximum atomic E-state index is 12.6. The number of anilines is 2. The van der Waals surface area contributed by atoms with Crippen molar-refractivity contribution in [2.45, 2.75) is 32.5 Å². The number of pyridine rings is 1. The largest absolute Gasteiger partial charge is 0.490 e. The molecule has 0 unspecified atom stereocenters. The monoisotopic (exact) mass is 383 g/mol. The molecule has 4 rings (SSSR count). The van der Waals surface area contributed by atoms with Crippen LogP contribution in [0.4, 0.5) is 11.5 Å². The molecule has 1 aromatic carbocycles. The van der Waals surface area contributed by atoms with Crippen LogP contribution < -0.4 is 19.7 Å². The van der Waals surface area contributed by atoms with E-state index in [0.717, 1.165) is 25.3 Å². The lowest BCUT2D eigenvalue weighted by Crippen LogP contribution is -2.45. The van der Waals surface area contributed by atoms with E-state index in [2.05, 4.69) is 29.0 Å². The predicted octanol–water partition coefficient (Wildman–Crippen LogP) is 3.11. The molecule has 0 radical (unpaired) electrons. The molecule has 1 saturated heterocycles. The van der Waals surface area contributed by atoms with Gasteiger partial charge in [0.05, 0.1) is 31.0 Å². The number of nitrogens with zero attached hydrogens (tertiary/aromatic N) is 2. The summed E-state index contributed by atoms with van der Waals surface area (Å²) < 4.78 is 17.1. The van der Waals surface area contributed by atoms with Crippen LogP contribution in [0.25, 0.3) is 0 Å². The summed E-state index contributed by atoms with van der Waals surface area (Å²) in [5.41, 5.74) is 1.17. The first-order valence-corrected chi connectivity index (χ1v) is 9.66. The maximum Gasteiger partial charge on any atom is 0.257 e. The molecular weight excluding hydrogens is 358 g/mol. The van der Waals surface area contributed by atoms with Crippen molar-refractivity contribution in [2.24, 2.45) is 0 Å². The molecule has 0 aliphatic carbocycles. The Balaban J connectivity index is 1.43. The van der Waals surface area contributed by atoms with Gasteiger partial charge in [-0.05, 0) is 38.1 Å². The van der Waals surface area contributed by atoms with Crippen molar-refractivity contribution < 1.29 is 19.0 Å². The fraction of sp³-hybridized carbons (Fsp3) is 0.429. The van der Waals surface area contributed by atoms with Crippen molar-refractivity contribution in [1.29, 1.82) is 0 Å². The zero-order valence-electron chi connectivity index (χ0n) is 16.2. The first kappa shape index (κ1) is 18.6. The maximum absolute atomic E-state index is 12.6. The van der Waals surface area contributed by atoms with Gasteiger partial charge in [-0.1, -0.05) is 0 Å². The van der Waals surface area contributed by atoms with E-state index in [1.165, 1.54) is 0 Å². The number of nitrogens with one attached hydrogen (secondary N) is 1. The molecule has 1 amide bonds. The Hall–Kier alpha value is -2.80. The molecule has 0 saturated carbocycles. The second-order valence-corrected chi connectivity index (χ2v) is 7.23. The first-order valence-electron chi connectivity index (χ1n) is 9.66. The average molecular weight is 383 g/mol. The Morgan fingerprint density at radius 1 is 1.07 bits per heavy atom. The summed E-state index contributed by atoms with van der Waals surface area (Å²) in [7, 11) is 0. The SMILES string of the molecule is C[C@H]1CN(c2ccc(C(=O)Nc3ccc4c(c3)OCCCO4)cn2)C[C@H](C)O1. The molecule has 7 heteroatoms. The second-order valence-electron chi connectivity index (χ2n) is 7.23. The first-order chi connectivity index (χ1) is 13.6. The summed E-state index contributed by atoms with van der Waals surface area (Å²) in [5, 5.41) is 2.89. The number of ether oxygens (including phenoxy) is 3. The van der Waals surface area contributed by atoms with Gasteiger partial charge in [-0.25, -0.2) is 4.98 Å². The Kier molecular flexibility index (Phi) is 5.34. The number of carbonyl (C=O) groups is 1.